The Morgan fingerprint density at radius 2 is 1.94 bits per heavy atom. The van der Waals surface area contributed by atoms with Gasteiger partial charge in [0.15, 0.2) is 23.0 Å². The molecule has 1 aliphatic carbocycles. The van der Waals surface area contributed by atoms with Crippen molar-refractivity contribution in [1.82, 2.24) is 5.32 Å². The lowest BCUT2D eigenvalue weighted by Gasteiger charge is -2.34. The number of anilines is 1. The van der Waals surface area contributed by atoms with E-state index >= 15 is 0 Å². The van der Waals surface area contributed by atoms with Crippen molar-refractivity contribution >= 4 is 28.7 Å². The fraction of sp³-hybridized carbons (Fsp3) is 0.682. The number of nitrogens with zero attached hydrogens (tertiary/aromatic N) is 1. The largest absolute Gasteiger partial charge is 0.354 e. The topological polar surface area (TPSA) is 113 Å². The molecular formula is C22H29N3O7S. The second kappa shape index (κ2) is 8.71. The minimum absolute atomic E-state index is 0.0199. The monoisotopic (exact) mass is 479 g/mol. The van der Waals surface area contributed by atoms with E-state index in [1.807, 2.05) is 13.8 Å². The zero-order chi connectivity index (χ0) is 23.2. The Bertz CT molecular complexity index is 923. The zero-order valence-corrected chi connectivity index (χ0v) is 19.5. The van der Waals surface area contributed by atoms with Crippen molar-refractivity contribution in [2.45, 2.75) is 88.2 Å². The molecule has 4 fully saturated rings. The van der Waals surface area contributed by atoms with Crippen molar-refractivity contribution in [3.8, 4) is 0 Å². The molecule has 5 rings (SSSR count). The molecule has 180 valence electrons. The average Bonchev–Trinajstić information content (AvgIpc) is 3.40. The second-order valence-corrected chi connectivity index (χ2v) is 9.85. The summed E-state index contributed by atoms with van der Waals surface area (Å²) < 4.78 is 30.9. The zero-order valence-electron chi connectivity index (χ0n) is 18.7. The van der Waals surface area contributed by atoms with Gasteiger partial charge in [-0.05, 0) is 45.0 Å². The summed E-state index contributed by atoms with van der Waals surface area (Å²) in [5.41, 5.74) is 0.493. The first-order chi connectivity index (χ1) is 15.7. The first-order valence-electron chi connectivity index (χ1n) is 11.4. The van der Waals surface area contributed by atoms with Gasteiger partial charge in [0.05, 0.1) is 17.6 Å². The van der Waals surface area contributed by atoms with Crippen LogP contribution in [0.2, 0.25) is 0 Å². The highest BCUT2D eigenvalue weighted by atomic mass is 32.1. The van der Waals surface area contributed by atoms with Crippen molar-refractivity contribution < 1.29 is 28.6 Å². The minimum Gasteiger partial charge on any atom is -0.354 e. The van der Waals surface area contributed by atoms with E-state index in [0.29, 0.717) is 17.4 Å². The van der Waals surface area contributed by atoms with E-state index in [0.717, 1.165) is 25.7 Å². The summed E-state index contributed by atoms with van der Waals surface area (Å²) in [6.45, 7) is 4.11. The van der Waals surface area contributed by atoms with Crippen LogP contribution in [-0.2, 0) is 23.7 Å². The first kappa shape index (κ1) is 22.9. The lowest BCUT2D eigenvalue weighted by molar-refractivity contribution is -0.384. The minimum atomic E-state index is -0.785. The van der Waals surface area contributed by atoms with Gasteiger partial charge in [-0.1, -0.05) is 12.5 Å². The maximum atomic E-state index is 11.1. The summed E-state index contributed by atoms with van der Waals surface area (Å²) >= 11 is 5.53. The van der Waals surface area contributed by atoms with Gasteiger partial charge >= 0.3 is 0 Å². The van der Waals surface area contributed by atoms with Crippen LogP contribution in [0.4, 0.5) is 11.4 Å². The number of non-ortho nitro benzene ring substituents is 1. The van der Waals surface area contributed by atoms with Crippen LogP contribution < -0.4 is 10.6 Å². The molecule has 5 atom stereocenters. The van der Waals surface area contributed by atoms with E-state index in [1.165, 1.54) is 18.6 Å². The standard InChI is InChI=1S/C22H29N3O7S/c1-21(2)31-18-16(24-20(33)23-13-7-6-8-14(11-13)25(26)27)17(29-19(18)32-21)15-12-28-22(30-15)9-4-3-5-10-22/h6-8,11,15-19H,3-5,9-10,12H2,1-2H3,(H2,23,24,33)/t15-,16+,17-,18-,19-/m1/s1. The lowest BCUT2D eigenvalue weighted by Crippen LogP contribution is -2.53. The molecule has 1 aromatic carbocycles. The van der Waals surface area contributed by atoms with Crippen LogP contribution in [0.1, 0.15) is 46.0 Å². The molecule has 0 bridgehead atoms. The molecule has 2 N–H and O–H groups in total. The fourth-order valence-corrected chi connectivity index (χ4v) is 5.38. The first-order valence-corrected chi connectivity index (χ1v) is 11.8. The van der Waals surface area contributed by atoms with Crippen LogP contribution in [0.25, 0.3) is 0 Å². The van der Waals surface area contributed by atoms with Gasteiger partial charge in [-0.15, -0.1) is 0 Å². The Kier molecular flexibility index (Phi) is 6.04. The summed E-state index contributed by atoms with van der Waals surface area (Å²) in [6, 6.07) is 5.81. The van der Waals surface area contributed by atoms with Gasteiger partial charge in [0, 0.05) is 30.7 Å². The van der Waals surface area contributed by atoms with E-state index in [2.05, 4.69) is 10.6 Å². The quantitative estimate of drug-likeness (QED) is 0.379. The van der Waals surface area contributed by atoms with Gasteiger partial charge in [-0.25, -0.2) is 0 Å². The Morgan fingerprint density at radius 1 is 1.15 bits per heavy atom. The van der Waals surface area contributed by atoms with Crippen LogP contribution in [0, 0.1) is 10.1 Å². The van der Waals surface area contributed by atoms with Crippen molar-refractivity contribution in [2.75, 3.05) is 11.9 Å². The molecule has 3 saturated heterocycles. The van der Waals surface area contributed by atoms with Gasteiger partial charge in [-0.3, -0.25) is 10.1 Å². The Balaban J connectivity index is 1.30. The van der Waals surface area contributed by atoms with Gasteiger partial charge in [0.25, 0.3) is 5.69 Å². The van der Waals surface area contributed by atoms with E-state index < -0.39 is 35.0 Å². The highest BCUT2D eigenvalue weighted by Crippen LogP contribution is 2.44. The highest BCUT2D eigenvalue weighted by molar-refractivity contribution is 7.80. The predicted octanol–water partition coefficient (Wildman–Crippen LogP) is 3.20. The molecule has 3 aliphatic heterocycles. The van der Waals surface area contributed by atoms with E-state index in [1.54, 1.807) is 12.1 Å². The smallest absolute Gasteiger partial charge is 0.271 e. The van der Waals surface area contributed by atoms with Gasteiger partial charge in [0.2, 0.25) is 0 Å². The normalized spacial score (nSPS) is 34.2. The summed E-state index contributed by atoms with van der Waals surface area (Å²) in [5.74, 6) is -1.32. The summed E-state index contributed by atoms with van der Waals surface area (Å²) in [5, 5.41) is 17.7. The average molecular weight is 480 g/mol. The number of rotatable bonds is 4. The van der Waals surface area contributed by atoms with Crippen molar-refractivity contribution in [2.24, 2.45) is 0 Å². The number of nitro benzene ring substituents is 1. The second-order valence-electron chi connectivity index (χ2n) is 9.44. The molecule has 4 aliphatic rings. The van der Waals surface area contributed by atoms with Crippen LogP contribution in [0.15, 0.2) is 24.3 Å². The molecule has 1 saturated carbocycles. The molecule has 0 aromatic heterocycles. The number of thiocarbonyl (C=S) groups is 1. The summed E-state index contributed by atoms with van der Waals surface area (Å²) in [7, 11) is 0. The number of hydrogen-bond acceptors (Lipinski definition) is 8. The SMILES string of the molecule is CC1(C)O[C@H]2O[C@H]([C@H]3COC4(CCCCC4)O3)[C@H](NC(=S)Nc3cccc([N+](=O)[O-])c3)[C@H]2O1. The maximum Gasteiger partial charge on any atom is 0.271 e. The third-order valence-corrected chi connectivity index (χ3v) is 6.78. The number of nitrogens with one attached hydrogen (secondary N) is 2. The fourth-order valence-electron chi connectivity index (χ4n) is 5.12. The van der Waals surface area contributed by atoms with Crippen LogP contribution in [-0.4, -0.2) is 58.9 Å². The van der Waals surface area contributed by atoms with Crippen molar-refractivity contribution in [3.05, 3.63) is 34.4 Å². The van der Waals surface area contributed by atoms with E-state index in [-0.39, 0.29) is 17.8 Å². The van der Waals surface area contributed by atoms with Gasteiger partial charge in [-0.2, -0.15) is 0 Å². The van der Waals surface area contributed by atoms with Crippen LogP contribution in [0.5, 0.6) is 0 Å². The number of fused-ring (bicyclic) bond motifs is 1. The van der Waals surface area contributed by atoms with Gasteiger partial charge < -0.3 is 34.3 Å². The number of hydrogen-bond donors (Lipinski definition) is 2. The molecule has 10 nitrogen and oxygen atoms in total. The maximum absolute atomic E-state index is 11.1. The molecule has 0 unspecified atom stereocenters. The van der Waals surface area contributed by atoms with E-state index in [9.17, 15) is 10.1 Å². The summed E-state index contributed by atoms with van der Waals surface area (Å²) in [4.78, 5) is 10.6. The van der Waals surface area contributed by atoms with Crippen LogP contribution >= 0.6 is 12.2 Å². The molecule has 33 heavy (non-hydrogen) atoms. The Hall–Kier alpha value is -1.89. The molecule has 1 spiro atoms. The van der Waals surface area contributed by atoms with E-state index in [4.69, 9.17) is 35.9 Å². The molecule has 1 aromatic rings. The number of benzene rings is 1. The molecule has 11 heteroatoms. The number of nitro groups is 1. The summed E-state index contributed by atoms with van der Waals surface area (Å²) in [6.07, 6.45) is 3.48. The molecule has 0 radical (unpaired) electrons. The Labute approximate surface area is 197 Å². The Morgan fingerprint density at radius 3 is 2.70 bits per heavy atom. The van der Waals surface area contributed by atoms with Crippen molar-refractivity contribution in [1.29, 1.82) is 0 Å². The highest BCUT2D eigenvalue weighted by Gasteiger charge is 2.59. The predicted molar refractivity (Wildman–Crippen MR) is 122 cm³/mol. The molecule has 3 heterocycles. The third kappa shape index (κ3) is 4.71. The van der Waals surface area contributed by atoms with Gasteiger partial charge in [0.1, 0.15) is 18.3 Å². The molecule has 0 amide bonds. The molecular weight excluding hydrogens is 450 g/mol. The lowest BCUT2D eigenvalue weighted by atomic mass is 9.94. The third-order valence-electron chi connectivity index (χ3n) is 6.56. The van der Waals surface area contributed by atoms with Crippen molar-refractivity contribution in [3.63, 3.8) is 0 Å². The number of ether oxygens (including phenoxy) is 5. The van der Waals surface area contributed by atoms with Crippen LogP contribution in [0.3, 0.4) is 0 Å².